The number of aliphatic carboxylic acids is 1. The van der Waals surface area contributed by atoms with E-state index in [1.54, 1.807) is 0 Å². The van der Waals surface area contributed by atoms with Gasteiger partial charge < -0.3 is 5.11 Å². The maximum absolute atomic E-state index is 12.1. The van der Waals surface area contributed by atoms with Crippen LogP contribution < -0.4 is 0 Å². The minimum atomic E-state index is -0.528. The number of rotatable bonds is 24. The van der Waals surface area contributed by atoms with Crippen molar-refractivity contribution in [2.45, 2.75) is 162 Å². The van der Waals surface area contributed by atoms with Gasteiger partial charge in [0, 0.05) is 0 Å². The first kappa shape index (κ1) is 29.5. The van der Waals surface area contributed by atoms with E-state index in [2.05, 4.69) is 20.8 Å². The predicted molar refractivity (Wildman–Crippen MR) is 133 cm³/mol. The Kier molecular flexibility index (Phi) is 22.7. The molecule has 0 aromatic carbocycles. The molecule has 0 saturated carbocycles. The van der Waals surface area contributed by atoms with Gasteiger partial charge in [-0.05, 0) is 25.2 Å². The Hall–Kier alpha value is -0.530. The Morgan fingerprint density at radius 2 is 0.800 bits per heavy atom. The fourth-order valence-corrected chi connectivity index (χ4v) is 4.80. The molecule has 0 radical (unpaired) electrons. The van der Waals surface area contributed by atoms with Crippen molar-refractivity contribution < 1.29 is 9.90 Å². The molecule has 2 heteroatoms. The summed E-state index contributed by atoms with van der Waals surface area (Å²) in [4.78, 5) is 12.1. The van der Waals surface area contributed by atoms with Crippen molar-refractivity contribution in [1.82, 2.24) is 0 Å². The van der Waals surface area contributed by atoms with E-state index in [0.29, 0.717) is 5.92 Å². The van der Waals surface area contributed by atoms with Gasteiger partial charge in [-0.1, -0.05) is 143 Å². The molecule has 0 amide bonds. The van der Waals surface area contributed by atoms with Crippen LogP contribution in [0.25, 0.3) is 0 Å². The smallest absolute Gasteiger partial charge is 0.306 e. The summed E-state index contributed by atoms with van der Waals surface area (Å²) in [6.07, 6.45) is 27.8. The zero-order chi connectivity index (χ0) is 22.3. The van der Waals surface area contributed by atoms with Crippen LogP contribution in [0.4, 0.5) is 0 Å². The average Bonchev–Trinajstić information content (AvgIpc) is 2.73. The molecule has 0 saturated heterocycles. The fraction of sp³-hybridized carbons (Fsp3) is 0.964. The van der Waals surface area contributed by atoms with Gasteiger partial charge in [0.15, 0.2) is 0 Å². The fourth-order valence-electron chi connectivity index (χ4n) is 4.80. The van der Waals surface area contributed by atoms with Gasteiger partial charge in [-0.15, -0.1) is 0 Å². The molecule has 2 atom stereocenters. The molecule has 0 aromatic heterocycles. The van der Waals surface area contributed by atoms with E-state index >= 15 is 0 Å². The number of carbonyl (C=O) groups is 1. The van der Waals surface area contributed by atoms with Gasteiger partial charge in [-0.25, -0.2) is 0 Å². The number of unbranched alkanes of at least 4 members (excludes halogenated alkanes) is 16. The summed E-state index contributed by atoms with van der Waals surface area (Å²) >= 11 is 0. The molecular weight excluding hydrogens is 368 g/mol. The summed E-state index contributed by atoms with van der Waals surface area (Å²) < 4.78 is 0. The molecule has 0 aliphatic rings. The number of carboxylic acid groups (broad SMARTS) is 1. The van der Waals surface area contributed by atoms with Gasteiger partial charge in [0.2, 0.25) is 0 Å². The van der Waals surface area contributed by atoms with E-state index in [1.807, 2.05) is 0 Å². The molecule has 0 aliphatic carbocycles. The van der Waals surface area contributed by atoms with E-state index in [9.17, 15) is 9.90 Å². The van der Waals surface area contributed by atoms with Gasteiger partial charge in [0.1, 0.15) is 0 Å². The van der Waals surface area contributed by atoms with Crippen molar-refractivity contribution in [3.8, 4) is 0 Å². The lowest BCUT2D eigenvalue weighted by atomic mass is 9.80. The van der Waals surface area contributed by atoms with E-state index in [0.717, 1.165) is 25.7 Å². The van der Waals surface area contributed by atoms with Crippen LogP contribution in [-0.2, 0) is 4.79 Å². The second-order valence-electron chi connectivity index (χ2n) is 9.73. The van der Waals surface area contributed by atoms with Gasteiger partial charge in [0.25, 0.3) is 0 Å². The highest BCUT2D eigenvalue weighted by atomic mass is 16.4. The Bertz CT molecular complexity index is 353. The highest BCUT2D eigenvalue weighted by molar-refractivity contribution is 5.70. The quantitative estimate of drug-likeness (QED) is 0.156. The molecule has 30 heavy (non-hydrogen) atoms. The summed E-state index contributed by atoms with van der Waals surface area (Å²) in [5, 5.41) is 9.93. The highest BCUT2D eigenvalue weighted by Crippen LogP contribution is 2.30. The van der Waals surface area contributed by atoms with Gasteiger partial charge >= 0.3 is 5.97 Å². The molecule has 0 rings (SSSR count). The standard InChI is InChI=1S/C28H56O2/c1-4-7-10-13-14-15-16-17-19-22-25-27(28(29)30)26(23-20-12-9-6-3)24-21-18-11-8-5-2/h26-27H,4-25H2,1-3H3,(H,29,30). The first-order chi connectivity index (χ1) is 14.7. The Morgan fingerprint density at radius 3 is 1.17 bits per heavy atom. The predicted octanol–water partition coefficient (Wildman–Crippen LogP) is 9.95. The van der Waals surface area contributed by atoms with E-state index in [4.69, 9.17) is 0 Å². The van der Waals surface area contributed by atoms with Crippen LogP contribution in [-0.4, -0.2) is 11.1 Å². The van der Waals surface area contributed by atoms with Gasteiger partial charge in [-0.2, -0.15) is 0 Å². The monoisotopic (exact) mass is 424 g/mol. The number of hydrogen-bond acceptors (Lipinski definition) is 1. The Morgan fingerprint density at radius 1 is 0.500 bits per heavy atom. The molecule has 2 nitrogen and oxygen atoms in total. The highest BCUT2D eigenvalue weighted by Gasteiger charge is 2.26. The van der Waals surface area contributed by atoms with Crippen molar-refractivity contribution in [2.24, 2.45) is 11.8 Å². The lowest BCUT2D eigenvalue weighted by molar-refractivity contribution is -0.144. The van der Waals surface area contributed by atoms with Crippen molar-refractivity contribution in [3.63, 3.8) is 0 Å². The van der Waals surface area contributed by atoms with Crippen LogP contribution >= 0.6 is 0 Å². The maximum atomic E-state index is 12.1. The summed E-state index contributed by atoms with van der Waals surface area (Å²) in [5.41, 5.74) is 0. The van der Waals surface area contributed by atoms with Crippen molar-refractivity contribution >= 4 is 5.97 Å². The van der Waals surface area contributed by atoms with Crippen LogP contribution in [0.3, 0.4) is 0 Å². The number of carboxylic acids is 1. The lowest BCUT2D eigenvalue weighted by Crippen LogP contribution is -2.24. The molecule has 2 unspecified atom stereocenters. The third-order valence-corrected chi connectivity index (χ3v) is 6.86. The van der Waals surface area contributed by atoms with Gasteiger partial charge in [-0.3, -0.25) is 4.79 Å². The molecule has 0 heterocycles. The van der Waals surface area contributed by atoms with Crippen LogP contribution in [0.5, 0.6) is 0 Å². The summed E-state index contributed by atoms with van der Waals surface area (Å²) in [6.45, 7) is 6.77. The molecule has 0 aliphatic heterocycles. The summed E-state index contributed by atoms with van der Waals surface area (Å²) in [6, 6.07) is 0. The third kappa shape index (κ3) is 18.3. The van der Waals surface area contributed by atoms with Crippen LogP contribution in [0.1, 0.15) is 162 Å². The third-order valence-electron chi connectivity index (χ3n) is 6.86. The molecule has 1 N–H and O–H groups in total. The largest absolute Gasteiger partial charge is 0.481 e. The Labute approximate surface area is 190 Å². The zero-order valence-corrected chi connectivity index (χ0v) is 21.1. The van der Waals surface area contributed by atoms with Crippen molar-refractivity contribution in [2.75, 3.05) is 0 Å². The zero-order valence-electron chi connectivity index (χ0n) is 21.1. The molecule has 0 spiro atoms. The SMILES string of the molecule is CCCCCCCCCCCCC(C(=O)O)C(CCCCCC)CCCCCCC. The van der Waals surface area contributed by atoms with Crippen molar-refractivity contribution in [3.05, 3.63) is 0 Å². The first-order valence-corrected chi connectivity index (χ1v) is 13.9. The second-order valence-corrected chi connectivity index (χ2v) is 9.73. The normalized spacial score (nSPS) is 13.4. The number of hydrogen-bond donors (Lipinski definition) is 1. The summed E-state index contributed by atoms with van der Waals surface area (Å²) in [5.74, 6) is -0.230. The topological polar surface area (TPSA) is 37.3 Å². The first-order valence-electron chi connectivity index (χ1n) is 13.9. The molecule has 0 aromatic rings. The van der Waals surface area contributed by atoms with E-state index in [1.165, 1.54) is 116 Å². The minimum absolute atomic E-state index is 0.105. The average molecular weight is 425 g/mol. The molecule has 0 bridgehead atoms. The van der Waals surface area contributed by atoms with Crippen LogP contribution in [0.2, 0.25) is 0 Å². The van der Waals surface area contributed by atoms with E-state index < -0.39 is 5.97 Å². The second kappa shape index (κ2) is 23.1. The maximum Gasteiger partial charge on any atom is 0.306 e. The van der Waals surface area contributed by atoms with Gasteiger partial charge in [0.05, 0.1) is 5.92 Å². The summed E-state index contributed by atoms with van der Waals surface area (Å²) in [7, 11) is 0. The van der Waals surface area contributed by atoms with Crippen LogP contribution in [0.15, 0.2) is 0 Å². The molecular formula is C28H56O2. The van der Waals surface area contributed by atoms with Crippen molar-refractivity contribution in [1.29, 1.82) is 0 Å². The Balaban J connectivity index is 4.21. The lowest BCUT2D eigenvalue weighted by Gasteiger charge is -2.24. The molecule has 180 valence electrons. The van der Waals surface area contributed by atoms with Crippen LogP contribution in [0, 0.1) is 11.8 Å². The van der Waals surface area contributed by atoms with E-state index in [-0.39, 0.29) is 5.92 Å². The minimum Gasteiger partial charge on any atom is -0.481 e. The molecule has 0 fully saturated rings.